The van der Waals surface area contributed by atoms with Gasteiger partial charge in [0.1, 0.15) is 0 Å². The number of rotatable bonds is 7. The summed E-state index contributed by atoms with van der Waals surface area (Å²) in [5, 5.41) is 4.16. The van der Waals surface area contributed by atoms with Crippen LogP contribution < -0.4 is 4.72 Å². The first-order valence-electron chi connectivity index (χ1n) is 8.60. The third-order valence-corrected chi connectivity index (χ3v) is 5.38. The maximum absolute atomic E-state index is 12.6. The van der Waals surface area contributed by atoms with E-state index >= 15 is 0 Å². The second kappa shape index (κ2) is 7.74. The van der Waals surface area contributed by atoms with E-state index in [1.807, 2.05) is 41.2 Å². The zero-order valence-corrected chi connectivity index (χ0v) is 15.8. The Labute approximate surface area is 154 Å². The van der Waals surface area contributed by atoms with E-state index in [1.54, 1.807) is 30.5 Å². The van der Waals surface area contributed by atoms with Gasteiger partial charge >= 0.3 is 0 Å². The molecule has 0 unspecified atom stereocenters. The van der Waals surface area contributed by atoms with Crippen LogP contribution in [0.5, 0.6) is 0 Å². The summed E-state index contributed by atoms with van der Waals surface area (Å²) in [7, 11) is -3.59. The van der Waals surface area contributed by atoms with Gasteiger partial charge < -0.3 is 0 Å². The molecule has 0 bridgehead atoms. The van der Waals surface area contributed by atoms with Gasteiger partial charge in [-0.2, -0.15) is 5.10 Å². The third kappa shape index (κ3) is 4.73. The molecule has 0 aliphatic carbocycles. The molecule has 3 aromatic rings. The number of aromatic nitrogens is 2. The van der Waals surface area contributed by atoms with Crippen molar-refractivity contribution in [3.63, 3.8) is 0 Å². The number of hydrogen-bond donors (Lipinski definition) is 1. The van der Waals surface area contributed by atoms with Crippen molar-refractivity contribution in [3.05, 3.63) is 78.1 Å². The van der Waals surface area contributed by atoms with Crippen molar-refractivity contribution in [1.29, 1.82) is 0 Å². The molecule has 0 saturated carbocycles. The van der Waals surface area contributed by atoms with Crippen LogP contribution in [-0.2, 0) is 23.0 Å². The molecule has 1 heterocycles. The van der Waals surface area contributed by atoms with Crippen LogP contribution in [0.4, 0.5) is 5.69 Å². The first-order chi connectivity index (χ1) is 12.4. The van der Waals surface area contributed by atoms with Gasteiger partial charge in [0.2, 0.25) is 0 Å². The summed E-state index contributed by atoms with van der Waals surface area (Å²) in [6.45, 7) is 4.93. The molecular weight excluding hydrogens is 346 g/mol. The Morgan fingerprint density at radius 1 is 1.00 bits per heavy atom. The van der Waals surface area contributed by atoms with E-state index in [-0.39, 0.29) is 4.90 Å². The highest BCUT2D eigenvalue weighted by Crippen LogP contribution is 2.18. The minimum Gasteiger partial charge on any atom is -0.280 e. The average molecular weight is 369 g/mol. The normalized spacial score (nSPS) is 11.7. The van der Waals surface area contributed by atoms with Crippen LogP contribution in [0.2, 0.25) is 0 Å². The minimum absolute atomic E-state index is 0.269. The second-order valence-corrected chi connectivity index (χ2v) is 8.43. The summed E-state index contributed by atoms with van der Waals surface area (Å²) < 4.78 is 29.6. The molecule has 26 heavy (non-hydrogen) atoms. The summed E-state index contributed by atoms with van der Waals surface area (Å²) >= 11 is 0. The third-order valence-electron chi connectivity index (χ3n) is 3.99. The standard InChI is InChI=1S/C20H23N3O2S/c1-16(2)14-17-6-10-20(11-7-17)26(24,25)22-19-8-4-18(5-9-19)15-23-13-3-12-21-23/h3-13,16,22H,14-15H2,1-2H3. The molecule has 0 amide bonds. The van der Waals surface area contributed by atoms with Gasteiger partial charge in [-0.1, -0.05) is 38.1 Å². The van der Waals surface area contributed by atoms with Crippen LogP contribution in [0, 0.1) is 5.92 Å². The average Bonchev–Trinajstić information content (AvgIpc) is 3.09. The van der Waals surface area contributed by atoms with Crippen LogP contribution in [0.1, 0.15) is 25.0 Å². The van der Waals surface area contributed by atoms with Gasteiger partial charge in [-0.05, 0) is 53.8 Å². The van der Waals surface area contributed by atoms with Gasteiger partial charge in [0, 0.05) is 18.1 Å². The van der Waals surface area contributed by atoms with Crippen molar-refractivity contribution in [2.75, 3.05) is 4.72 Å². The van der Waals surface area contributed by atoms with Gasteiger partial charge in [-0.15, -0.1) is 0 Å². The molecule has 0 fully saturated rings. The van der Waals surface area contributed by atoms with Crippen molar-refractivity contribution in [3.8, 4) is 0 Å². The van der Waals surface area contributed by atoms with E-state index in [9.17, 15) is 8.42 Å². The molecule has 0 saturated heterocycles. The number of benzene rings is 2. The van der Waals surface area contributed by atoms with Crippen LogP contribution in [0.25, 0.3) is 0 Å². The zero-order valence-electron chi connectivity index (χ0n) is 15.0. The van der Waals surface area contributed by atoms with E-state index in [4.69, 9.17) is 0 Å². The first-order valence-corrected chi connectivity index (χ1v) is 10.1. The van der Waals surface area contributed by atoms with Gasteiger partial charge in [0.25, 0.3) is 10.0 Å². The van der Waals surface area contributed by atoms with Gasteiger partial charge in [-0.3, -0.25) is 9.40 Å². The predicted octanol–water partition coefficient (Wildman–Crippen LogP) is 3.93. The largest absolute Gasteiger partial charge is 0.280 e. The van der Waals surface area contributed by atoms with Crippen molar-refractivity contribution in [2.45, 2.75) is 31.7 Å². The lowest BCUT2D eigenvalue weighted by Crippen LogP contribution is -2.13. The summed E-state index contributed by atoms with van der Waals surface area (Å²) in [5.74, 6) is 0.538. The van der Waals surface area contributed by atoms with Crippen molar-refractivity contribution < 1.29 is 8.42 Å². The number of nitrogens with zero attached hydrogens (tertiary/aromatic N) is 2. The first kappa shape index (κ1) is 18.2. The summed E-state index contributed by atoms with van der Waals surface area (Å²) in [6.07, 6.45) is 4.56. The molecule has 136 valence electrons. The Hall–Kier alpha value is -2.60. The number of nitrogens with one attached hydrogen (secondary N) is 1. The summed E-state index contributed by atoms with van der Waals surface area (Å²) in [6, 6.07) is 16.3. The fourth-order valence-corrected chi connectivity index (χ4v) is 3.81. The molecule has 0 aliphatic rings. The number of hydrogen-bond acceptors (Lipinski definition) is 3. The fourth-order valence-electron chi connectivity index (χ4n) is 2.75. The lowest BCUT2D eigenvalue weighted by atomic mass is 10.0. The van der Waals surface area contributed by atoms with Gasteiger partial charge in [0.15, 0.2) is 0 Å². The van der Waals surface area contributed by atoms with E-state index in [0.717, 1.165) is 17.5 Å². The predicted molar refractivity (Wildman–Crippen MR) is 104 cm³/mol. The molecule has 0 atom stereocenters. The lowest BCUT2D eigenvalue weighted by molar-refractivity contribution is 0.601. The summed E-state index contributed by atoms with van der Waals surface area (Å²) in [4.78, 5) is 0.269. The molecule has 3 rings (SSSR count). The highest BCUT2D eigenvalue weighted by atomic mass is 32.2. The topological polar surface area (TPSA) is 64.0 Å². The smallest absolute Gasteiger partial charge is 0.261 e. The van der Waals surface area contributed by atoms with Crippen LogP contribution in [0.3, 0.4) is 0 Å². The molecule has 5 nitrogen and oxygen atoms in total. The Kier molecular flexibility index (Phi) is 5.42. The Balaban J connectivity index is 1.68. The minimum atomic E-state index is -3.59. The molecular formula is C20H23N3O2S. The molecule has 1 aromatic heterocycles. The van der Waals surface area contributed by atoms with Crippen LogP contribution in [-0.4, -0.2) is 18.2 Å². The van der Waals surface area contributed by atoms with E-state index < -0.39 is 10.0 Å². The molecule has 2 aromatic carbocycles. The fraction of sp³-hybridized carbons (Fsp3) is 0.250. The van der Waals surface area contributed by atoms with Crippen molar-refractivity contribution >= 4 is 15.7 Å². The maximum Gasteiger partial charge on any atom is 0.261 e. The van der Waals surface area contributed by atoms with Gasteiger partial charge in [-0.25, -0.2) is 8.42 Å². The lowest BCUT2D eigenvalue weighted by Gasteiger charge is -2.10. The van der Waals surface area contributed by atoms with Gasteiger partial charge in [0.05, 0.1) is 11.4 Å². The highest BCUT2D eigenvalue weighted by Gasteiger charge is 2.14. The quantitative estimate of drug-likeness (QED) is 0.686. The van der Waals surface area contributed by atoms with Crippen molar-refractivity contribution in [1.82, 2.24) is 9.78 Å². The Morgan fingerprint density at radius 3 is 2.23 bits per heavy atom. The van der Waals surface area contributed by atoms with E-state index in [0.29, 0.717) is 18.2 Å². The highest BCUT2D eigenvalue weighted by molar-refractivity contribution is 7.92. The SMILES string of the molecule is CC(C)Cc1ccc(S(=O)(=O)Nc2ccc(Cn3cccn3)cc2)cc1. The monoisotopic (exact) mass is 369 g/mol. The van der Waals surface area contributed by atoms with E-state index in [2.05, 4.69) is 23.7 Å². The summed E-state index contributed by atoms with van der Waals surface area (Å²) in [5.41, 5.74) is 2.73. The molecule has 1 N–H and O–H groups in total. The molecule has 0 aliphatic heterocycles. The molecule has 6 heteroatoms. The van der Waals surface area contributed by atoms with Crippen molar-refractivity contribution in [2.24, 2.45) is 5.92 Å². The second-order valence-electron chi connectivity index (χ2n) is 6.75. The zero-order chi connectivity index (χ0) is 18.6. The number of anilines is 1. The maximum atomic E-state index is 12.6. The molecule has 0 spiro atoms. The molecule has 0 radical (unpaired) electrons. The van der Waals surface area contributed by atoms with Crippen LogP contribution in [0.15, 0.2) is 71.9 Å². The van der Waals surface area contributed by atoms with Crippen LogP contribution >= 0.6 is 0 Å². The Morgan fingerprint density at radius 2 is 1.65 bits per heavy atom. The Bertz CT molecular complexity index is 930. The van der Waals surface area contributed by atoms with E-state index in [1.165, 1.54) is 0 Å². The number of sulfonamides is 1.